The van der Waals surface area contributed by atoms with Gasteiger partial charge in [-0.2, -0.15) is 0 Å². The highest BCUT2D eigenvalue weighted by Crippen LogP contribution is 2.48. The lowest BCUT2D eigenvalue weighted by molar-refractivity contribution is -0.384. The van der Waals surface area contributed by atoms with Gasteiger partial charge in [0, 0.05) is 52.0 Å². The molecule has 1 aliphatic heterocycles. The zero-order chi connectivity index (χ0) is 25.8. The lowest BCUT2D eigenvalue weighted by atomic mass is 9.68. The molecule has 0 saturated carbocycles. The van der Waals surface area contributed by atoms with E-state index in [4.69, 9.17) is 11.6 Å². The fourth-order valence-corrected chi connectivity index (χ4v) is 6.09. The van der Waals surface area contributed by atoms with Crippen molar-refractivity contribution >= 4 is 55.7 Å². The number of allylic oxidation sites excluding steroid dienone is 3. The number of hydrogen-bond acceptors (Lipinski definition) is 7. The zero-order valence-corrected chi connectivity index (χ0v) is 21.4. The maximum atomic E-state index is 13.7. The van der Waals surface area contributed by atoms with E-state index in [1.165, 1.54) is 29.5 Å². The molecule has 0 radical (unpaired) electrons. The van der Waals surface area contributed by atoms with Crippen LogP contribution in [0.4, 0.5) is 10.8 Å². The maximum Gasteiger partial charge on any atom is 0.269 e. The molecule has 3 aromatic rings. The van der Waals surface area contributed by atoms with Crippen molar-refractivity contribution in [3.63, 3.8) is 0 Å². The second-order valence-corrected chi connectivity index (χ2v) is 11.3. The Balaban J connectivity index is 1.64. The fourth-order valence-electron chi connectivity index (χ4n) is 5.00. The third kappa shape index (κ3) is 4.29. The van der Waals surface area contributed by atoms with Crippen molar-refractivity contribution in [3.8, 4) is 0 Å². The second-order valence-electron chi connectivity index (χ2n) is 9.83. The number of ketones is 1. The molecule has 1 aromatic heterocycles. The van der Waals surface area contributed by atoms with Gasteiger partial charge in [0.05, 0.1) is 15.1 Å². The number of nitro benzene ring substituents is 1. The van der Waals surface area contributed by atoms with Crippen molar-refractivity contribution < 1.29 is 14.5 Å². The van der Waals surface area contributed by atoms with Crippen LogP contribution in [-0.4, -0.2) is 21.6 Å². The molecule has 1 aliphatic carbocycles. The summed E-state index contributed by atoms with van der Waals surface area (Å²) in [4.78, 5) is 42.7. The summed E-state index contributed by atoms with van der Waals surface area (Å²) in [6.07, 6.45) is 0.892. The minimum absolute atomic E-state index is 0.112. The number of non-ortho nitro benzene ring substituents is 1. The largest absolute Gasteiger partial charge is 0.362 e. The van der Waals surface area contributed by atoms with E-state index in [1.807, 2.05) is 38.1 Å². The van der Waals surface area contributed by atoms with Crippen LogP contribution >= 0.6 is 22.9 Å². The van der Waals surface area contributed by atoms with Crippen molar-refractivity contribution in [2.24, 2.45) is 5.41 Å². The third-order valence-electron chi connectivity index (χ3n) is 6.50. The number of Topliss-reactive ketones (excluding diaryl/α,β-unsaturated/α-hetero) is 1. The van der Waals surface area contributed by atoms with Crippen molar-refractivity contribution in [2.75, 3.05) is 5.32 Å². The number of fused-ring (bicyclic) bond motifs is 1. The van der Waals surface area contributed by atoms with Gasteiger partial charge in [-0.1, -0.05) is 48.9 Å². The summed E-state index contributed by atoms with van der Waals surface area (Å²) in [6, 6.07) is 11.6. The maximum absolute atomic E-state index is 13.7. The van der Waals surface area contributed by atoms with Gasteiger partial charge in [0.1, 0.15) is 0 Å². The SMILES string of the molecule is CC1=C(C(=O)Nc2nc3ccccc3s2)C(c2cc([N+](=O)[O-])ccc2Cl)C2=C(CC(C)(C)CC2=O)N1. The summed E-state index contributed by atoms with van der Waals surface area (Å²) >= 11 is 7.90. The van der Waals surface area contributed by atoms with Crippen LogP contribution in [0.2, 0.25) is 5.02 Å². The molecule has 1 unspecified atom stereocenters. The number of nitrogens with one attached hydrogen (secondary N) is 2. The minimum Gasteiger partial charge on any atom is -0.362 e. The Morgan fingerprint density at radius 3 is 2.72 bits per heavy atom. The van der Waals surface area contributed by atoms with Crippen LogP contribution in [0, 0.1) is 15.5 Å². The summed E-state index contributed by atoms with van der Waals surface area (Å²) in [5.41, 5.74) is 2.67. The normalized spacial score (nSPS) is 19.2. The van der Waals surface area contributed by atoms with Gasteiger partial charge in [0.2, 0.25) is 0 Å². The first-order chi connectivity index (χ1) is 17.0. The standard InChI is InChI=1S/C26H23ClN4O4S/c1-13-21(24(33)30-25-29-17-6-4-5-7-20(17)36-25)22(15-10-14(31(34)35)8-9-16(15)27)23-18(28-13)11-26(2,3)12-19(23)32/h4-10,22,28H,11-12H2,1-3H3,(H,29,30,33). The van der Waals surface area contributed by atoms with Gasteiger partial charge < -0.3 is 5.32 Å². The number of amides is 1. The molecule has 1 atom stereocenters. The highest BCUT2D eigenvalue weighted by Gasteiger charge is 2.43. The summed E-state index contributed by atoms with van der Waals surface area (Å²) in [5, 5.41) is 18.4. The van der Waals surface area contributed by atoms with E-state index in [1.54, 1.807) is 6.92 Å². The first kappa shape index (κ1) is 24.1. The molecular formula is C26H23ClN4O4S. The average molecular weight is 523 g/mol. The lowest BCUT2D eigenvalue weighted by Crippen LogP contribution is -2.39. The smallest absolute Gasteiger partial charge is 0.269 e. The second kappa shape index (κ2) is 8.83. The number of benzene rings is 2. The van der Waals surface area contributed by atoms with Gasteiger partial charge >= 0.3 is 0 Å². The summed E-state index contributed by atoms with van der Waals surface area (Å²) < 4.78 is 0.924. The Bertz CT molecular complexity index is 1490. The van der Waals surface area contributed by atoms with Crippen LogP contribution in [0.15, 0.2) is 65.0 Å². The number of anilines is 1. The van der Waals surface area contributed by atoms with Crippen LogP contribution in [0.5, 0.6) is 0 Å². The third-order valence-corrected chi connectivity index (χ3v) is 7.80. The number of halogens is 1. The van der Waals surface area contributed by atoms with Gasteiger partial charge in [-0.3, -0.25) is 25.0 Å². The average Bonchev–Trinajstić information content (AvgIpc) is 3.19. The molecule has 0 spiro atoms. The number of para-hydroxylation sites is 1. The van der Waals surface area contributed by atoms with Gasteiger partial charge in [0.15, 0.2) is 10.9 Å². The molecule has 0 bridgehead atoms. The number of nitrogens with zero attached hydrogens (tertiary/aromatic N) is 2. The van der Waals surface area contributed by atoms with Gasteiger partial charge in [0.25, 0.3) is 11.6 Å². The number of rotatable bonds is 4. The van der Waals surface area contributed by atoms with Gasteiger partial charge in [-0.05, 0) is 42.5 Å². The Kier molecular flexibility index (Phi) is 5.92. The predicted molar refractivity (Wildman–Crippen MR) is 140 cm³/mol. The van der Waals surface area contributed by atoms with Crippen LogP contribution in [0.3, 0.4) is 0 Å². The highest BCUT2D eigenvalue weighted by atomic mass is 35.5. The van der Waals surface area contributed by atoms with Crippen molar-refractivity contribution in [3.05, 3.63) is 85.7 Å². The Morgan fingerprint density at radius 1 is 1.25 bits per heavy atom. The Morgan fingerprint density at radius 2 is 2.00 bits per heavy atom. The Hall–Kier alpha value is -3.56. The van der Waals surface area contributed by atoms with Crippen LogP contribution < -0.4 is 10.6 Å². The van der Waals surface area contributed by atoms with Crippen molar-refractivity contribution in [1.82, 2.24) is 10.3 Å². The minimum atomic E-state index is -0.855. The monoisotopic (exact) mass is 522 g/mol. The molecule has 36 heavy (non-hydrogen) atoms. The number of hydrogen-bond donors (Lipinski definition) is 2. The zero-order valence-electron chi connectivity index (χ0n) is 19.8. The number of carbonyl (C=O) groups excluding carboxylic acids is 2. The molecule has 2 N–H and O–H groups in total. The van der Waals surface area contributed by atoms with Crippen molar-refractivity contribution in [1.29, 1.82) is 0 Å². The molecule has 0 saturated heterocycles. The first-order valence-electron chi connectivity index (χ1n) is 11.4. The molecule has 8 nitrogen and oxygen atoms in total. The number of carbonyl (C=O) groups is 2. The van der Waals surface area contributed by atoms with Crippen LogP contribution in [0.25, 0.3) is 10.2 Å². The van der Waals surface area contributed by atoms with E-state index >= 15 is 0 Å². The first-order valence-corrected chi connectivity index (χ1v) is 12.6. The van der Waals surface area contributed by atoms with E-state index in [2.05, 4.69) is 15.6 Å². The molecule has 5 rings (SSSR count). The molecule has 184 valence electrons. The highest BCUT2D eigenvalue weighted by molar-refractivity contribution is 7.22. The number of aromatic nitrogens is 1. The summed E-state index contributed by atoms with van der Waals surface area (Å²) in [5.74, 6) is -1.42. The van der Waals surface area contributed by atoms with Gasteiger partial charge in [-0.25, -0.2) is 4.98 Å². The van der Waals surface area contributed by atoms with Crippen LogP contribution in [0.1, 0.15) is 45.1 Å². The molecule has 2 aromatic carbocycles. The van der Waals surface area contributed by atoms with Crippen molar-refractivity contribution in [2.45, 2.75) is 39.5 Å². The van der Waals surface area contributed by atoms with E-state index < -0.39 is 16.7 Å². The molecule has 2 aliphatic rings. The number of dihydropyridines is 1. The quantitative estimate of drug-likeness (QED) is 0.316. The molecule has 2 heterocycles. The fraction of sp³-hybridized carbons (Fsp3) is 0.269. The Labute approximate surface area is 216 Å². The number of thiazole rings is 1. The molecule has 0 fully saturated rings. The van der Waals surface area contributed by atoms with E-state index in [0.717, 1.165) is 15.9 Å². The number of nitro groups is 1. The lowest BCUT2D eigenvalue weighted by Gasteiger charge is -2.39. The molecular weight excluding hydrogens is 500 g/mol. The van der Waals surface area contributed by atoms with Crippen LogP contribution in [-0.2, 0) is 9.59 Å². The summed E-state index contributed by atoms with van der Waals surface area (Å²) in [6.45, 7) is 5.79. The predicted octanol–water partition coefficient (Wildman–Crippen LogP) is 6.10. The van der Waals surface area contributed by atoms with E-state index in [0.29, 0.717) is 34.8 Å². The van der Waals surface area contributed by atoms with E-state index in [-0.39, 0.29) is 27.5 Å². The van der Waals surface area contributed by atoms with Gasteiger partial charge in [-0.15, -0.1) is 0 Å². The molecule has 1 amide bonds. The summed E-state index contributed by atoms with van der Waals surface area (Å²) in [7, 11) is 0. The topological polar surface area (TPSA) is 114 Å². The van der Waals surface area contributed by atoms with E-state index in [9.17, 15) is 19.7 Å². The molecule has 10 heteroatoms.